The van der Waals surface area contributed by atoms with E-state index in [1.807, 2.05) is 29.5 Å². The van der Waals surface area contributed by atoms with E-state index in [-0.39, 0.29) is 11.4 Å². The lowest BCUT2D eigenvalue weighted by molar-refractivity contribution is 0.214. The molecule has 0 aromatic heterocycles. The number of aliphatic hydroxyl groups is 1. The summed E-state index contributed by atoms with van der Waals surface area (Å²) < 4.78 is 27.2. The molecule has 0 spiro atoms. The zero-order valence-corrected chi connectivity index (χ0v) is 11.8. The first-order valence-electron chi connectivity index (χ1n) is 5.38. The van der Waals surface area contributed by atoms with Crippen LogP contribution in [0.3, 0.4) is 0 Å². The third-order valence-electron chi connectivity index (χ3n) is 2.70. The Kier molecular flexibility index (Phi) is 3.97. The van der Waals surface area contributed by atoms with E-state index in [0.29, 0.717) is 9.13 Å². The van der Waals surface area contributed by atoms with E-state index in [1.165, 1.54) is 24.3 Å². The largest absolute Gasteiger partial charge is 0.384 e. The summed E-state index contributed by atoms with van der Waals surface area (Å²) in [7, 11) is 0. The monoisotopic (exact) mass is 360 g/mol. The fraction of sp³-hybridized carbons (Fsp3) is 0.143. The van der Waals surface area contributed by atoms with E-state index in [9.17, 15) is 13.9 Å². The van der Waals surface area contributed by atoms with E-state index in [1.54, 1.807) is 12.1 Å². The second kappa shape index (κ2) is 5.32. The highest BCUT2D eigenvalue weighted by atomic mass is 127. The van der Waals surface area contributed by atoms with Crippen LogP contribution >= 0.6 is 22.6 Å². The molecule has 2 aromatic carbocycles. The highest BCUT2D eigenvalue weighted by molar-refractivity contribution is 14.1. The summed E-state index contributed by atoms with van der Waals surface area (Å²) in [5, 5.41) is 10.2. The van der Waals surface area contributed by atoms with Gasteiger partial charge in [0, 0.05) is 9.13 Å². The third-order valence-corrected chi connectivity index (χ3v) is 3.64. The van der Waals surface area contributed by atoms with Gasteiger partial charge in [-0.2, -0.15) is 0 Å². The highest BCUT2D eigenvalue weighted by Crippen LogP contribution is 2.28. The zero-order valence-electron chi connectivity index (χ0n) is 9.62. The summed E-state index contributed by atoms with van der Waals surface area (Å²) in [6, 6.07) is 8.61. The van der Waals surface area contributed by atoms with Crippen molar-refractivity contribution < 1.29 is 13.9 Å². The molecular formula is C14H11F2IO. The predicted octanol–water partition coefficient (Wildman–Crippen LogP) is 3.96. The quantitative estimate of drug-likeness (QED) is 0.804. The van der Waals surface area contributed by atoms with Gasteiger partial charge in [0.15, 0.2) is 0 Å². The van der Waals surface area contributed by atoms with E-state index >= 15 is 0 Å². The van der Waals surface area contributed by atoms with Crippen molar-refractivity contribution in [2.45, 2.75) is 13.0 Å². The second-order valence-electron chi connectivity index (χ2n) is 4.09. The Morgan fingerprint density at radius 3 is 2.44 bits per heavy atom. The standard InChI is InChI=1S/C14H11F2IO/c1-8-2-5-12(16)11(6-8)14(18)10-4-3-9(15)7-13(10)17/h2-7,14,18H,1H3. The molecule has 0 aliphatic carbocycles. The van der Waals surface area contributed by atoms with Gasteiger partial charge in [0.2, 0.25) is 0 Å². The smallest absolute Gasteiger partial charge is 0.129 e. The van der Waals surface area contributed by atoms with Gasteiger partial charge >= 0.3 is 0 Å². The number of halogens is 3. The number of hydrogen-bond acceptors (Lipinski definition) is 1. The van der Waals surface area contributed by atoms with Crippen molar-refractivity contribution in [2.75, 3.05) is 0 Å². The average molecular weight is 360 g/mol. The Morgan fingerprint density at radius 2 is 1.78 bits per heavy atom. The molecule has 4 heteroatoms. The fourth-order valence-electron chi connectivity index (χ4n) is 1.76. The van der Waals surface area contributed by atoms with Gasteiger partial charge < -0.3 is 5.11 Å². The molecule has 0 aliphatic rings. The van der Waals surface area contributed by atoms with Crippen molar-refractivity contribution in [2.24, 2.45) is 0 Å². The van der Waals surface area contributed by atoms with Crippen molar-refractivity contribution in [3.8, 4) is 0 Å². The van der Waals surface area contributed by atoms with Gasteiger partial charge in [-0.05, 0) is 53.3 Å². The van der Waals surface area contributed by atoms with Crippen LogP contribution in [-0.2, 0) is 0 Å². The van der Waals surface area contributed by atoms with Gasteiger partial charge in [-0.25, -0.2) is 8.78 Å². The van der Waals surface area contributed by atoms with Crippen molar-refractivity contribution in [3.05, 3.63) is 68.3 Å². The maximum absolute atomic E-state index is 13.7. The SMILES string of the molecule is Cc1ccc(F)c(C(O)c2ccc(F)cc2I)c1. The van der Waals surface area contributed by atoms with Crippen LogP contribution < -0.4 is 0 Å². The summed E-state index contributed by atoms with van der Waals surface area (Å²) in [5.41, 5.74) is 1.57. The fourth-order valence-corrected chi connectivity index (χ4v) is 2.54. The van der Waals surface area contributed by atoms with Crippen LogP contribution in [0.4, 0.5) is 8.78 Å². The van der Waals surface area contributed by atoms with E-state index < -0.39 is 11.9 Å². The third kappa shape index (κ3) is 2.70. The lowest BCUT2D eigenvalue weighted by Crippen LogP contribution is -2.05. The van der Waals surface area contributed by atoms with Crippen molar-refractivity contribution >= 4 is 22.6 Å². The number of benzene rings is 2. The summed E-state index contributed by atoms with van der Waals surface area (Å²) in [4.78, 5) is 0. The van der Waals surface area contributed by atoms with Crippen LogP contribution in [0.2, 0.25) is 0 Å². The molecule has 0 heterocycles. The molecule has 1 unspecified atom stereocenters. The molecule has 2 aromatic rings. The molecule has 0 amide bonds. The Balaban J connectivity index is 2.47. The molecule has 0 fully saturated rings. The van der Waals surface area contributed by atoms with Crippen molar-refractivity contribution in [3.63, 3.8) is 0 Å². The first-order chi connectivity index (χ1) is 8.49. The average Bonchev–Trinajstić information content (AvgIpc) is 2.31. The topological polar surface area (TPSA) is 20.2 Å². The molecule has 0 radical (unpaired) electrons. The predicted molar refractivity (Wildman–Crippen MR) is 74.3 cm³/mol. The van der Waals surface area contributed by atoms with Gasteiger partial charge in [0.05, 0.1) is 0 Å². The molecule has 0 saturated heterocycles. The molecule has 94 valence electrons. The molecule has 18 heavy (non-hydrogen) atoms. The van der Waals surface area contributed by atoms with Gasteiger partial charge in [0.1, 0.15) is 17.7 Å². The molecule has 1 atom stereocenters. The van der Waals surface area contributed by atoms with Crippen molar-refractivity contribution in [1.82, 2.24) is 0 Å². The molecule has 0 aliphatic heterocycles. The Bertz CT molecular complexity index is 584. The zero-order chi connectivity index (χ0) is 13.3. The van der Waals surface area contributed by atoms with Crippen LogP contribution in [0.15, 0.2) is 36.4 Å². The van der Waals surface area contributed by atoms with Crippen molar-refractivity contribution in [1.29, 1.82) is 0 Å². The van der Waals surface area contributed by atoms with Gasteiger partial charge in [-0.3, -0.25) is 0 Å². The number of rotatable bonds is 2. The van der Waals surface area contributed by atoms with Crippen LogP contribution in [0.5, 0.6) is 0 Å². The van der Waals surface area contributed by atoms with Crippen LogP contribution in [0.1, 0.15) is 22.8 Å². The Hall–Kier alpha value is -1.01. The van der Waals surface area contributed by atoms with Crippen LogP contribution in [0.25, 0.3) is 0 Å². The minimum atomic E-state index is -1.09. The molecule has 1 N–H and O–H groups in total. The lowest BCUT2D eigenvalue weighted by atomic mass is 9.99. The van der Waals surface area contributed by atoms with E-state index in [4.69, 9.17) is 0 Å². The normalized spacial score (nSPS) is 12.5. The first-order valence-corrected chi connectivity index (χ1v) is 6.46. The Labute approximate surface area is 118 Å². The minimum absolute atomic E-state index is 0.208. The molecular weight excluding hydrogens is 349 g/mol. The minimum Gasteiger partial charge on any atom is -0.384 e. The number of aliphatic hydroxyl groups excluding tert-OH is 1. The number of hydrogen-bond donors (Lipinski definition) is 1. The van der Waals surface area contributed by atoms with Crippen LogP contribution in [-0.4, -0.2) is 5.11 Å². The summed E-state index contributed by atoms with van der Waals surface area (Å²) in [6.07, 6.45) is -1.09. The summed E-state index contributed by atoms with van der Waals surface area (Å²) in [6.45, 7) is 1.82. The molecule has 2 rings (SSSR count). The van der Waals surface area contributed by atoms with Gasteiger partial charge in [-0.1, -0.05) is 23.8 Å². The summed E-state index contributed by atoms with van der Waals surface area (Å²) >= 11 is 1.93. The lowest BCUT2D eigenvalue weighted by Gasteiger charge is -2.14. The van der Waals surface area contributed by atoms with Crippen LogP contribution in [0, 0.1) is 22.1 Å². The molecule has 0 saturated carbocycles. The maximum atomic E-state index is 13.7. The number of aryl methyl sites for hydroxylation is 1. The maximum Gasteiger partial charge on any atom is 0.129 e. The van der Waals surface area contributed by atoms with Gasteiger partial charge in [-0.15, -0.1) is 0 Å². The highest BCUT2D eigenvalue weighted by Gasteiger charge is 2.17. The first kappa shape index (κ1) is 13.4. The Morgan fingerprint density at radius 1 is 1.06 bits per heavy atom. The van der Waals surface area contributed by atoms with E-state index in [0.717, 1.165) is 5.56 Å². The van der Waals surface area contributed by atoms with Gasteiger partial charge in [0.25, 0.3) is 0 Å². The molecule has 0 bridgehead atoms. The second-order valence-corrected chi connectivity index (χ2v) is 5.26. The van der Waals surface area contributed by atoms with E-state index in [2.05, 4.69) is 0 Å². The molecule has 1 nitrogen and oxygen atoms in total. The summed E-state index contributed by atoms with van der Waals surface area (Å²) in [5.74, 6) is -0.840.